The van der Waals surface area contributed by atoms with E-state index in [9.17, 15) is 4.79 Å². The van der Waals surface area contributed by atoms with Crippen LogP contribution in [0.4, 0.5) is 0 Å². The van der Waals surface area contributed by atoms with Crippen molar-refractivity contribution in [1.29, 1.82) is 0 Å². The average Bonchev–Trinajstić information content (AvgIpc) is 3.02. The number of hydrogen-bond donors (Lipinski definition) is 0. The number of aldehydes is 1. The van der Waals surface area contributed by atoms with Crippen LogP contribution in [0.2, 0.25) is 18.1 Å². The van der Waals surface area contributed by atoms with Gasteiger partial charge >= 0.3 is 0 Å². The number of hydrogen-bond acceptors (Lipinski definition) is 4. The van der Waals surface area contributed by atoms with E-state index in [1.807, 2.05) is 0 Å². The van der Waals surface area contributed by atoms with E-state index in [-0.39, 0.29) is 35.6 Å². The first-order valence-electron chi connectivity index (χ1n) is 13.0. The third-order valence-electron chi connectivity index (χ3n) is 8.56. The molecule has 0 aromatic heterocycles. The number of halogens is 1. The molecule has 2 heterocycles. The molecular formula is C27H49BrO4Si. The summed E-state index contributed by atoms with van der Waals surface area (Å²) in [7, 11) is -1.82. The maximum atomic E-state index is 10.9. The number of rotatable bonds is 11. The van der Waals surface area contributed by atoms with Crippen LogP contribution in [-0.2, 0) is 18.7 Å². The molecular weight excluding hydrogens is 496 g/mol. The normalized spacial score (nSPS) is 34.5. The molecule has 0 saturated carbocycles. The highest BCUT2D eigenvalue weighted by Crippen LogP contribution is 2.43. The maximum Gasteiger partial charge on any atom is 0.192 e. The lowest BCUT2D eigenvalue weighted by Crippen LogP contribution is -2.44. The molecule has 4 nitrogen and oxygen atoms in total. The molecule has 0 aromatic rings. The van der Waals surface area contributed by atoms with Gasteiger partial charge in [0.2, 0.25) is 0 Å². The zero-order valence-corrected chi connectivity index (χ0v) is 24.9. The van der Waals surface area contributed by atoms with Gasteiger partial charge in [-0.1, -0.05) is 64.1 Å². The molecule has 0 amide bonds. The summed E-state index contributed by atoms with van der Waals surface area (Å²) in [5.74, 6) is 1.33. The Bertz CT molecular complexity index is 647. The summed E-state index contributed by atoms with van der Waals surface area (Å²) in [6.45, 7) is 22.8. The van der Waals surface area contributed by atoms with E-state index >= 15 is 0 Å². The fourth-order valence-corrected chi connectivity index (χ4v) is 7.51. The summed E-state index contributed by atoms with van der Waals surface area (Å²) in [6.07, 6.45) is 6.86. The van der Waals surface area contributed by atoms with Gasteiger partial charge in [0.25, 0.3) is 0 Å². The quantitative estimate of drug-likeness (QED) is 0.118. The first-order valence-corrected chi connectivity index (χ1v) is 17.0. The summed E-state index contributed by atoms with van der Waals surface area (Å²) in [4.78, 5) is 10.9. The lowest BCUT2D eigenvalue weighted by Gasteiger charge is -2.40. The molecule has 2 aliphatic heterocycles. The van der Waals surface area contributed by atoms with Crippen molar-refractivity contribution in [1.82, 2.24) is 0 Å². The predicted octanol–water partition coefficient (Wildman–Crippen LogP) is 7.31. The topological polar surface area (TPSA) is 44.8 Å². The molecule has 0 aliphatic carbocycles. The van der Waals surface area contributed by atoms with Crippen molar-refractivity contribution in [3.8, 4) is 0 Å². The fourth-order valence-electron chi connectivity index (χ4n) is 5.05. The second-order valence-electron chi connectivity index (χ2n) is 12.0. The first-order chi connectivity index (χ1) is 15.3. The van der Waals surface area contributed by atoms with Crippen LogP contribution in [0.5, 0.6) is 0 Å². The average molecular weight is 546 g/mol. The minimum absolute atomic E-state index is 0.00774. The molecule has 0 bridgehead atoms. The van der Waals surface area contributed by atoms with Gasteiger partial charge in [0, 0.05) is 24.3 Å². The number of carbonyl (C=O) groups is 1. The van der Waals surface area contributed by atoms with Crippen molar-refractivity contribution >= 4 is 30.5 Å². The van der Waals surface area contributed by atoms with Crippen LogP contribution in [0, 0.1) is 17.8 Å². The van der Waals surface area contributed by atoms with Crippen molar-refractivity contribution in [3.63, 3.8) is 0 Å². The molecule has 2 aliphatic rings. The van der Waals surface area contributed by atoms with Crippen LogP contribution in [-0.4, -0.2) is 50.5 Å². The summed E-state index contributed by atoms with van der Waals surface area (Å²) in [5, 5.41) is 1.14. The molecule has 0 aromatic carbocycles. The summed E-state index contributed by atoms with van der Waals surface area (Å²) < 4.78 is 19.9. The van der Waals surface area contributed by atoms with Gasteiger partial charge in [-0.25, -0.2) is 0 Å². The van der Waals surface area contributed by atoms with Crippen LogP contribution in [0.3, 0.4) is 0 Å². The molecule has 8 atom stereocenters. The van der Waals surface area contributed by atoms with Crippen molar-refractivity contribution in [3.05, 3.63) is 12.2 Å². The van der Waals surface area contributed by atoms with Gasteiger partial charge < -0.3 is 18.7 Å². The minimum atomic E-state index is -1.82. The molecule has 2 saturated heterocycles. The molecule has 6 heteroatoms. The van der Waals surface area contributed by atoms with E-state index in [0.29, 0.717) is 24.2 Å². The Hall–Kier alpha value is -0.0131. The smallest absolute Gasteiger partial charge is 0.192 e. The van der Waals surface area contributed by atoms with Gasteiger partial charge in [-0.05, 0) is 67.1 Å². The van der Waals surface area contributed by atoms with E-state index < -0.39 is 8.32 Å². The van der Waals surface area contributed by atoms with E-state index in [1.54, 1.807) is 0 Å². The highest BCUT2D eigenvalue weighted by molar-refractivity contribution is 9.09. The first kappa shape index (κ1) is 29.2. The summed E-state index contributed by atoms with van der Waals surface area (Å²) in [5.41, 5.74) is 1.18. The van der Waals surface area contributed by atoms with Crippen LogP contribution < -0.4 is 0 Å². The molecule has 1 unspecified atom stereocenters. The summed E-state index contributed by atoms with van der Waals surface area (Å²) >= 11 is 3.77. The number of alkyl halides is 1. The molecule has 2 fully saturated rings. The molecule has 0 spiro atoms. The predicted molar refractivity (Wildman–Crippen MR) is 144 cm³/mol. The largest absolute Gasteiger partial charge is 0.414 e. The van der Waals surface area contributed by atoms with E-state index in [0.717, 1.165) is 43.7 Å². The Morgan fingerprint density at radius 1 is 1.24 bits per heavy atom. The third-order valence-corrected chi connectivity index (χ3v) is 13.8. The molecule has 2 rings (SSSR count). The molecule has 0 N–H and O–H groups in total. The Morgan fingerprint density at radius 2 is 1.91 bits per heavy atom. The van der Waals surface area contributed by atoms with Gasteiger partial charge in [-0.15, -0.1) is 0 Å². The zero-order chi connectivity index (χ0) is 25.0. The van der Waals surface area contributed by atoms with Gasteiger partial charge in [-0.2, -0.15) is 0 Å². The van der Waals surface area contributed by atoms with Crippen molar-refractivity contribution in [2.24, 2.45) is 17.8 Å². The molecule has 33 heavy (non-hydrogen) atoms. The monoisotopic (exact) mass is 544 g/mol. The second kappa shape index (κ2) is 12.3. The van der Waals surface area contributed by atoms with Crippen LogP contribution in [0.25, 0.3) is 0 Å². The van der Waals surface area contributed by atoms with Gasteiger partial charge in [0.15, 0.2) is 8.32 Å². The third kappa shape index (κ3) is 7.49. The number of carbonyl (C=O) groups excluding carboxylic acids is 1. The highest BCUT2D eigenvalue weighted by atomic mass is 79.9. The second-order valence-corrected chi connectivity index (χ2v) is 17.4. The van der Waals surface area contributed by atoms with Crippen LogP contribution >= 0.6 is 15.9 Å². The lowest BCUT2D eigenvalue weighted by molar-refractivity contribution is -0.110. The highest BCUT2D eigenvalue weighted by Gasteiger charge is 2.45. The van der Waals surface area contributed by atoms with Gasteiger partial charge in [-0.3, -0.25) is 0 Å². The van der Waals surface area contributed by atoms with Crippen LogP contribution in [0.1, 0.15) is 80.1 Å². The van der Waals surface area contributed by atoms with E-state index in [2.05, 4.69) is 77.1 Å². The van der Waals surface area contributed by atoms with E-state index in [1.165, 1.54) is 5.57 Å². The van der Waals surface area contributed by atoms with E-state index in [4.69, 9.17) is 13.9 Å². The fraction of sp³-hybridized carbons (Fsp3) is 0.889. The zero-order valence-electron chi connectivity index (χ0n) is 22.4. The minimum Gasteiger partial charge on any atom is -0.414 e. The Morgan fingerprint density at radius 3 is 2.45 bits per heavy atom. The Labute approximate surface area is 212 Å². The van der Waals surface area contributed by atoms with Crippen molar-refractivity contribution < 1.29 is 18.7 Å². The van der Waals surface area contributed by atoms with Crippen LogP contribution in [0.15, 0.2) is 12.2 Å². The summed E-state index contributed by atoms with van der Waals surface area (Å²) in [6, 6.07) is 0. The molecule has 192 valence electrons. The van der Waals surface area contributed by atoms with Crippen molar-refractivity contribution in [2.75, 3.05) is 5.33 Å². The Kier molecular flexibility index (Phi) is 10.9. The Balaban J connectivity index is 2.06. The van der Waals surface area contributed by atoms with Crippen molar-refractivity contribution in [2.45, 2.75) is 129 Å². The maximum absolute atomic E-state index is 10.9. The standard InChI is InChI=1S/C27H49BrO4Si/c1-10-21(32-33(8,9)27(5,6)7)15-24-20(4)23(17-28)26(31-24)16-25-19(3)18(2)14-22(30-25)12-11-13-29/h13,18,20-26H,3,10-12,14-17H2,1-2,4-9H3/t18-,20-,21-,22+,23-,24-,25?,26+/m1/s1. The van der Waals surface area contributed by atoms with Gasteiger partial charge in [0.05, 0.1) is 24.4 Å². The lowest BCUT2D eigenvalue weighted by atomic mass is 9.82. The number of ether oxygens (including phenoxy) is 2. The SMILES string of the molecule is C=C1C(C[C@@H]2O[C@H](C[C@@H](CC)O[Si](C)(C)C(C)(C)C)[C@H](C)[C@H]2CBr)O[C@@H](CCC=O)C[C@H]1C. The van der Waals surface area contributed by atoms with Gasteiger partial charge in [0.1, 0.15) is 6.29 Å². The molecule has 0 radical (unpaired) electrons.